The summed E-state index contributed by atoms with van der Waals surface area (Å²) in [5.41, 5.74) is 0. The molecule has 0 rings (SSSR count). The van der Waals surface area contributed by atoms with Crippen molar-refractivity contribution < 1.29 is 9.90 Å². The van der Waals surface area contributed by atoms with Gasteiger partial charge in [0, 0.05) is 12.8 Å². The molecule has 0 aliphatic carbocycles. The predicted molar refractivity (Wildman–Crippen MR) is 110 cm³/mol. The van der Waals surface area contributed by atoms with Crippen molar-refractivity contribution in [3.05, 3.63) is 0 Å². The van der Waals surface area contributed by atoms with Gasteiger partial charge in [0.1, 0.15) is 5.78 Å². The lowest BCUT2D eigenvalue weighted by molar-refractivity contribution is -0.121. The molecule has 0 fully saturated rings. The fraction of sp³-hybridized carbons (Fsp3) is 0.957. The lowest BCUT2D eigenvalue weighted by atomic mass is 10.0. The van der Waals surface area contributed by atoms with Crippen molar-refractivity contribution in [2.45, 2.75) is 142 Å². The molecule has 0 saturated carbocycles. The Kier molecular flexibility index (Phi) is 19.7. The minimum absolute atomic E-state index is 0.246. The zero-order chi connectivity index (χ0) is 18.6. The van der Waals surface area contributed by atoms with Gasteiger partial charge in [0.25, 0.3) is 0 Å². The van der Waals surface area contributed by atoms with Crippen LogP contribution in [-0.4, -0.2) is 17.0 Å². The van der Waals surface area contributed by atoms with E-state index in [1.54, 1.807) is 0 Å². The lowest BCUT2D eigenvalue weighted by Crippen LogP contribution is -2.13. The monoisotopic (exact) mass is 354 g/mol. The summed E-state index contributed by atoms with van der Waals surface area (Å²) in [5.74, 6) is 0.246. The topological polar surface area (TPSA) is 37.3 Å². The van der Waals surface area contributed by atoms with Gasteiger partial charge >= 0.3 is 0 Å². The summed E-state index contributed by atoms with van der Waals surface area (Å²) < 4.78 is 0. The van der Waals surface area contributed by atoms with E-state index in [0.717, 1.165) is 32.1 Å². The highest BCUT2D eigenvalue weighted by molar-refractivity contribution is 5.78. The van der Waals surface area contributed by atoms with E-state index < -0.39 is 6.10 Å². The third-order valence-corrected chi connectivity index (χ3v) is 5.16. The number of carbonyl (C=O) groups is 1. The van der Waals surface area contributed by atoms with Crippen LogP contribution in [-0.2, 0) is 4.79 Å². The summed E-state index contributed by atoms with van der Waals surface area (Å²) in [5, 5.41) is 9.93. The van der Waals surface area contributed by atoms with Crippen LogP contribution in [0.5, 0.6) is 0 Å². The highest BCUT2D eigenvalue weighted by atomic mass is 16.3. The van der Waals surface area contributed by atoms with Gasteiger partial charge in [0.15, 0.2) is 0 Å². The largest absolute Gasteiger partial charge is 0.393 e. The number of hydrogen-bond acceptors (Lipinski definition) is 2. The van der Waals surface area contributed by atoms with Crippen molar-refractivity contribution in [1.82, 2.24) is 0 Å². The van der Waals surface area contributed by atoms with E-state index in [1.807, 2.05) is 0 Å². The molecule has 0 aromatic carbocycles. The van der Waals surface area contributed by atoms with E-state index >= 15 is 0 Å². The molecule has 0 amide bonds. The number of aliphatic hydroxyl groups excluding tert-OH is 1. The first-order chi connectivity index (χ1) is 12.2. The smallest absolute Gasteiger partial charge is 0.135 e. The Bertz CT molecular complexity index is 275. The molecule has 25 heavy (non-hydrogen) atoms. The quantitative estimate of drug-likeness (QED) is 0.232. The molecule has 0 spiro atoms. The number of Topliss-reactive ketones (excluding diaryl/α,β-unsaturated/α-hetero) is 1. The Morgan fingerprint density at radius 3 is 1.52 bits per heavy atom. The first kappa shape index (κ1) is 24.6. The summed E-state index contributed by atoms with van der Waals surface area (Å²) in [7, 11) is 0. The van der Waals surface area contributed by atoms with Crippen molar-refractivity contribution in [2.75, 3.05) is 0 Å². The van der Waals surface area contributed by atoms with Gasteiger partial charge < -0.3 is 5.11 Å². The van der Waals surface area contributed by atoms with E-state index in [0.29, 0.717) is 12.8 Å². The number of unbranched alkanes of at least 4 members (excludes halogenated alkanes) is 14. The Morgan fingerprint density at radius 2 is 1.04 bits per heavy atom. The third-order valence-electron chi connectivity index (χ3n) is 5.16. The number of rotatable bonds is 20. The average molecular weight is 355 g/mol. The van der Waals surface area contributed by atoms with Crippen LogP contribution in [0, 0.1) is 0 Å². The number of carbonyl (C=O) groups excluding carboxylic acids is 1. The molecular weight excluding hydrogens is 308 g/mol. The fourth-order valence-electron chi connectivity index (χ4n) is 3.44. The van der Waals surface area contributed by atoms with Gasteiger partial charge in [-0.2, -0.15) is 0 Å². The minimum Gasteiger partial charge on any atom is -0.393 e. The summed E-state index contributed by atoms with van der Waals surface area (Å²) >= 11 is 0. The Balaban J connectivity index is 3.23. The fourth-order valence-corrected chi connectivity index (χ4v) is 3.44. The van der Waals surface area contributed by atoms with E-state index in [1.165, 1.54) is 77.0 Å². The van der Waals surface area contributed by atoms with Gasteiger partial charge in [-0.15, -0.1) is 0 Å². The van der Waals surface area contributed by atoms with Crippen LogP contribution in [0.4, 0.5) is 0 Å². The summed E-state index contributed by atoms with van der Waals surface area (Å²) in [6.07, 6.45) is 22.2. The van der Waals surface area contributed by atoms with Gasteiger partial charge in [-0.3, -0.25) is 4.79 Å². The maximum atomic E-state index is 11.7. The SMILES string of the molecule is CCCCCCCCCCCCCCCC(O)CC(=O)CCCCC. The molecule has 0 heterocycles. The van der Waals surface area contributed by atoms with Gasteiger partial charge in [-0.1, -0.05) is 110 Å². The Hall–Kier alpha value is -0.370. The van der Waals surface area contributed by atoms with Crippen LogP contribution < -0.4 is 0 Å². The predicted octanol–water partition coefficient (Wildman–Crippen LogP) is 7.37. The highest BCUT2D eigenvalue weighted by Gasteiger charge is 2.10. The summed E-state index contributed by atoms with van der Waals surface area (Å²) in [4.78, 5) is 11.7. The second-order valence-electron chi connectivity index (χ2n) is 7.89. The third kappa shape index (κ3) is 19.8. The van der Waals surface area contributed by atoms with Crippen molar-refractivity contribution >= 4 is 5.78 Å². The first-order valence-corrected chi connectivity index (χ1v) is 11.4. The van der Waals surface area contributed by atoms with Crippen LogP contribution in [0.3, 0.4) is 0 Å². The van der Waals surface area contributed by atoms with Gasteiger partial charge in [-0.05, 0) is 12.8 Å². The molecule has 0 radical (unpaired) electrons. The lowest BCUT2D eigenvalue weighted by Gasteiger charge is -2.09. The molecule has 2 heteroatoms. The standard InChI is InChI=1S/C23H46O2/c1-3-5-7-8-9-10-11-12-13-14-15-16-18-20-23(25)21-22(24)19-17-6-4-2/h23,25H,3-21H2,1-2H3. The normalized spacial score (nSPS) is 12.4. The molecule has 1 atom stereocenters. The maximum absolute atomic E-state index is 11.7. The maximum Gasteiger partial charge on any atom is 0.135 e. The first-order valence-electron chi connectivity index (χ1n) is 11.4. The Labute approximate surface area is 158 Å². The van der Waals surface area contributed by atoms with Crippen LogP contribution in [0.1, 0.15) is 136 Å². The molecule has 0 aromatic rings. The van der Waals surface area contributed by atoms with Gasteiger partial charge in [-0.25, -0.2) is 0 Å². The number of aliphatic hydroxyl groups is 1. The van der Waals surface area contributed by atoms with Crippen LogP contribution in [0.15, 0.2) is 0 Å². The molecular formula is C23H46O2. The van der Waals surface area contributed by atoms with Crippen molar-refractivity contribution in [2.24, 2.45) is 0 Å². The molecule has 1 N–H and O–H groups in total. The molecule has 0 aliphatic heterocycles. The average Bonchev–Trinajstić information content (AvgIpc) is 2.59. The van der Waals surface area contributed by atoms with E-state index in [-0.39, 0.29) is 5.78 Å². The van der Waals surface area contributed by atoms with Crippen molar-refractivity contribution in [3.8, 4) is 0 Å². The van der Waals surface area contributed by atoms with Crippen LogP contribution in [0.25, 0.3) is 0 Å². The molecule has 1 unspecified atom stereocenters. The van der Waals surface area contributed by atoms with Crippen LogP contribution >= 0.6 is 0 Å². The summed E-state index contributed by atoms with van der Waals surface area (Å²) in [6.45, 7) is 4.42. The second kappa shape index (κ2) is 19.9. The minimum atomic E-state index is -0.401. The summed E-state index contributed by atoms with van der Waals surface area (Å²) in [6, 6.07) is 0. The van der Waals surface area contributed by atoms with E-state index in [9.17, 15) is 9.90 Å². The number of ketones is 1. The van der Waals surface area contributed by atoms with Crippen LogP contribution in [0.2, 0.25) is 0 Å². The van der Waals surface area contributed by atoms with Gasteiger partial charge in [0.05, 0.1) is 6.10 Å². The van der Waals surface area contributed by atoms with E-state index in [2.05, 4.69) is 13.8 Å². The van der Waals surface area contributed by atoms with Crippen molar-refractivity contribution in [1.29, 1.82) is 0 Å². The number of hydrogen-bond donors (Lipinski definition) is 1. The Morgan fingerprint density at radius 1 is 0.640 bits per heavy atom. The zero-order valence-electron chi connectivity index (χ0n) is 17.4. The zero-order valence-corrected chi connectivity index (χ0v) is 17.4. The second-order valence-corrected chi connectivity index (χ2v) is 7.89. The molecule has 0 bridgehead atoms. The van der Waals surface area contributed by atoms with Crippen molar-refractivity contribution in [3.63, 3.8) is 0 Å². The molecule has 0 aliphatic rings. The van der Waals surface area contributed by atoms with Gasteiger partial charge in [0.2, 0.25) is 0 Å². The molecule has 0 saturated heterocycles. The molecule has 0 aromatic heterocycles. The van der Waals surface area contributed by atoms with E-state index in [4.69, 9.17) is 0 Å². The molecule has 2 nitrogen and oxygen atoms in total. The highest BCUT2D eigenvalue weighted by Crippen LogP contribution is 2.14. The molecule has 150 valence electrons.